The summed E-state index contributed by atoms with van der Waals surface area (Å²) in [7, 11) is 0. The summed E-state index contributed by atoms with van der Waals surface area (Å²) < 4.78 is 16.0. The summed E-state index contributed by atoms with van der Waals surface area (Å²) in [6, 6.07) is 5.64. The van der Waals surface area contributed by atoms with Crippen LogP contribution in [0.25, 0.3) is 11.5 Å². The highest BCUT2D eigenvalue weighted by Gasteiger charge is 2.20. The Morgan fingerprint density at radius 3 is 2.53 bits per heavy atom. The molecule has 2 heterocycles. The molecule has 6 heteroatoms. The lowest BCUT2D eigenvalue weighted by molar-refractivity contribution is -0.155. The predicted octanol–water partition coefficient (Wildman–Crippen LogP) is 2.51. The molecule has 102 valence electrons. The summed E-state index contributed by atoms with van der Waals surface area (Å²) in [6.07, 6.45) is -0.624. The average molecular weight is 263 g/mol. The molecule has 0 aromatic carbocycles. The molecule has 0 bridgehead atoms. The van der Waals surface area contributed by atoms with Crippen molar-refractivity contribution in [2.75, 3.05) is 13.2 Å². The summed E-state index contributed by atoms with van der Waals surface area (Å²) in [5.41, 5.74) is 1.57. The van der Waals surface area contributed by atoms with Crippen LogP contribution in [0.15, 0.2) is 22.7 Å². The number of nitrogens with zero attached hydrogens (tertiary/aromatic N) is 3. The van der Waals surface area contributed by atoms with Crippen molar-refractivity contribution in [3.8, 4) is 11.5 Å². The molecule has 0 fully saturated rings. The zero-order chi connectivity index (χ0) is 13.7. The van der Waals surface area contributed by atoms with Crippen LogP contribution in [-0.2, 0) is 9.47 Å². The van der Waals surface area contributed by atoms with Gasteiger partial charge >= 0.3 is 0 Å². The van der Waals surface area contributed by atoms with Crippen LogP contribution in [-0.4, -0.2) is 28.3 Å². The maximum atomic E-state index is 5.40. The van der Waals surface area contributed by atoms with Crippen LogP contribution in [0.4, 0.5) is 0 Å². The van der Waals surface area contributed by atoms with Crippen LogP contribution in [0.1, 0.15) is 31.7 Å². The van der Waals surface area contributed by atoms with E-state index in [4.69, 9.17) is 14.0 Å². The zero-order valence-electron chi connectivity index (χ0n) is 11.3. The summed E-state index contributed by atoms with van der Waals surface area (Å²) in [4.78, 5) is 8.61. The van der Waals surface area contributed by atoms with Crippen molar-refractivity contribution in [3.63, 3.8) is 0 Å². The molecule has 0 unspecified atom stereocenters. The Balaban J connectivity index is 2.22. The lowest BCUT2D eigenvalue weighted by Crippen LogP contribution is -2.09. The van der Waals surface area contributed by atoms with Gasteiger partial charge in [0.2, 0.25) is 12.1 Å². The minimum absolute atomic E-state index is 0.307. The zero-order valence-corrected chi connectivity index (χ0v) is 11.3. The molecular formula is C13H17N3O3. The van der Waals surface area contributed by atoms with E-state index in [1.54, 1.807) is 0 Å². The maximum absolute atomic E-state index is 5.40. The molecule has 0 N–H and O–H groups in total. The Hall–Kier alpha value is -1.79. The maximum Gasteiger partial charge on any atom is 0.284 e. The minimum atomic E-state index is -0.624. The first kappa shape index (κ1) is 13.6. The van der Waals surface area contributed by atoms with Gasteiger partial charge in [-0.05, 0) is 32.9 Å². The second-order valence-corrected chi connectivity index (χ2v) is 3.86. The van der Waals surface area contributed by atoms with E-state index in [2.05, 4.69) is 15.1 Å². The van der Waals surface area contributed by atoms with Crippen molar-refractivity contribution in [2.24, 2.45) is 0 Å². The smallest absolute Gasteiger partial charge is 0.284 e. The van der Waals surface area contributed by atoms with Crippen LogP contribution >= 0.6 is 0 Å². The van der Waals surface area contributed by atoms with Gasteiger partial charge in [0.1, 0.15) is 5.69 Å². The van der Waals surface area contributed by atoms with Gasteiger partial charge in [0.25, 0.3) is 5.89 Å². The lowest BCUT2D eigenvalue weighted by atomic mass is 10.3. The van der Waals surface area contributed by atoms with Gasteiger partial charge in [-0.3, -0.25) is 0 Å². The Kier molecular flexibility index (Phi) is 4.59. The third kappa shape index (κ3) is 3.36. The van der Waals surface area contributed by atoms with Crippen LogP contribution in [0.5, 0.6) is 0 Å². The number of rotatable bonds is 6. The van der Waals surface area contributed by atoms with Crippen molar-refractivity contribution < 1.29 is 14.0 Å². The van der Waals surface area contributed by atoms with E-state index < -0.39 is 6.29 Å². The van der Waals surface area contributed by atoms with E-state index in [0.29, 0.717) is 30.6 Å². The third-order valence-corrected chi connectivity index (χ3v) is 2.40. The second-order valence-electron chi connectivity index (χ2n) is 3.86. The fourth-order valence-corrected chi connectivity index (χ4v) is 1.60. The van der Waals surface area contributed by atoms with Crippen molar-refractivity contribution in [1.29, 1.82) is 0 Å². The molecule has 0 saturated carbocycles. The molecule has 0 aliphatic heterocycles. The molecule has 0 aliphatic rings. The molecule has 0 atom stereocenters. The number of hydrogen-bond donors (Lipinski definition) is 0. The number of aromatic nitrogens is 3. The van der Waals surface area contributed by atoms with E-state index in [0.717, 1.165) is 5.69 Å². The van der Waals surface area contributed by atoms with Gasteiger partial charge in [-0.25, -0.2) is 4.98 Å². The molecule has 2 aromatic rings. The van der Waals surface area contributed by atoms with E-state index in [1.165, 1.54) is 0 Å². The average Bonchev–Trinajstić information content (AvgIpc) is 2.88. The molecule has 19 heavy (non-hydrogen) atoms. The largest absolute Gasteiger partial charge is 0.345 e. The first-order chi connectivity index (χ1) is 9.24. The third-order valence-electron chi connectivity index (χ3n) is 2.40. The molecule has 0 amide bonds. The van der Waals surface area contributed by atoms with E-state index >= 15 is 0 Å². The summed E-state index contributed by atoms with van der Waals surface area (Å²) in [5.74, 6) is 0.741. The van der Waals surface area contributed by atoms with Gasteiger partial charge in [0.15, 0.2) is 0 Å². The van der Waals surface area contributed by atoms with Gasteiger partial charge in [0.05, 0.1) is 0 Å². The standard InChI is InChI=1S/C13H17N3O3/c1-4-17-13(18-5-2)12-15-11(16-19-12)10-8-6-7-9(3)14-10/h6-8,13H,4-5H2,1-3H3. The number of aryl methyl sites for hydroxylation is 1. The molecule has 6 nitrogen and oxygen atoms in total. The Bertz CT molecular complexity index is 521. The van der Waals surface area contributed by atoms with Crippen LogP contribution in [0, 0.1) is 6.92 Å². The number of pyridine rings is 1. The Morgan fingerprint density at radius 2 is 1.89 bits per heavy atom. The van der Waals surface area contributed by atoms with Gasteiger partial charge in [-0.15, -0.1) is 0 Å². The lowest BCUT2D eigenvalue weighted by Gasteiger charge is -2.11. The minimum Gasteiger partial charge on any atom is -0.345 e. The quantitative estimate of drug-likeness (QED) is 0.746. The molecule has 2 rings (SSSR count). The number of hydrogen-bond acceptors (Lipinski definition) is 6. The van der Waals surface area contributed by atoms with Gasteiger partial charge in [0, 0.05) is 18.9 Å². The van der Waals surface area contributed by atoms with Gasteiger partial charge < -0.3 is 14.0 Å². The molecular weight excluding hydrogens is 246 g/mol. The SMILES string of the molecule is CCOC(OCC)c1nc(-c2cccc(C)n2)no1. The van der Waals surface area contributed by atoms with Gasteiger partial charge in [-0.1, -0.05) is 11.2 Å². The van der Waals surface area contributed by atoms with Crippen LogP contribution < -0.4 is 0 Å². The fraction of sp³-hybridized carbons (Fsp3) is 0.462. The summed E-state index contributed by atoms with van der Waals surface area (Å²) in [5, 5.41) is 3.90. The molecule has 2 aromatic heterocycles. The monoisotopic (exact) mass is 263 g/mol. The van der Waals surface area contributed by atoms with Crippen LogP contribution in [0.2, 0.25) is 0 Å². The summed E-state index contributed by atoms with van der Waals surface area (Å²) in [6.45, 7) is 6.68. The van der Waals surface area contributed by atoms with E-state index in [1.807, 2.05) is 39.0 Å². The van der Waals surface area contributed by atoms with E-state index in [9.17, 15) is 0 Å². The predicted molar refractivity (Wildman–Crippen MR) is 68.3 cm³/mol. The first-order valence-electron chi connectivity index (χ1n) is 6.25. The second kappa shape index (κ2) is 6.40. The summed E-state index contributed by atoms with van der Waals surface area (Å²) >= 11 is 0. The molecule has 0 radical (unpaired) electrons. The normalized spacial score (nSPS) is 11.2. The fourth-order valence-electron chi connectivity index (χ4n) is 1.60. The highest BCUT2D eigenvalue weighted by atomic mass is 16.7. The molecule has 0 spiro atoms. The highest BCUT2D eigenvalue weighted by Crippen LogP contribution is 2.20. The van der Waals surface area contributed by atoms with Crippen molar-refractivity contribution in [2.45, 2.75) is 27.1 Å². The molecule has 0 saturated heterocycles. The van der Waals surface area contributed by atoms with Gasteiger partial charge in [-0.2, -0.15) is 4.98 Å². The Morgan fingerprint density at radius 1 is 1.16 bits per heavy atom. The topological polar surface area (TPSA) is 70.3 Å². The number of ether oxygens (including phenoxy) is 2. The van der Waals surface area contributed by atoms with Crippen molar-refractivity contribution >= 4 is 0 Å². The van der Waals surface area contributed by atoms with Crippen molar-refractivity contribution in [1.82, 2.24) is 15.1 Å². The Labute approximate surface area is 111 Å². The first-order valence-corrected chi connectivity index (χ1v) is 6.25. The molecule has 0 aliphatic carbocycles. The highest BCUT2D eigenvalue weighted by molar-refractivity contribution is 5.47. The van der Waals surface area contributed by atoms with Crippen molar-refractivity contribution in [3.05, 3.63) is 29.8 Å². The van der Waals surface area contributed by atoms with Crippen LogP contribution in [0.3, 0.4) is 0 Å². The van der Waals surface area contributed by atoms with E-state index in [-0.39, 0.29) is 0 Å².